The Morgan fingerprint density at radius 1 is 1.12 bits per heavy atom. The van der Waals surface area contributed by atoms with Crippen LogP contribution in [-0.2, 0) is 9.59 Å². The van der Waals surface area contributed by atoms with Crippen LogP contribution in [0.4, 0.5) is 5.69 Å². The van der Waals surface area contributed by atoms with Crippen molar-refractivity contribution in [1.29, 1.82) is 0 Å². The largest absolute Gasteiger partial charge is 0.475 e. The Morgan fingerprint density at radius 2 is 1.92 bits per heavy atom. The number of furan rings is 1. The molecule has 0 spiro atoms. The maximum Gasteiger partial charge on any atom is 0.371 e. The monoisotopic (exact) mass is 356 g/mol. The Kier molecular flexibility index (Phi) is 4.14. The van der Waals surface area contributed by atoms with Gasteiger partial charge in [0.2, 0.25) is 17.6 Å². The van der Waals surface area contributed by atoms with Crippen LogP contribution in [0.3, 0.4) is 0 Å². The molecule has 0 radical (unpaired) electrons. The molecule has 1 aliphatic heterocycles. The Morgan fingerprint density at radius 3 is 2.65 bits per heavy atom. The average Bonchev–Trinajstić information content (AvgIpc) is 3.39. The quantitative estimate of drug-likeness (QED) is 0.877. The van der Waals surface area contributed by atoms with Crippen molar-refractivity contribution >= 4 is 34.4 Å². The molecule has 7 heteroatoms. The lowest BCUT2D eigenvalue weighted by Gasteiger charge is -2.32. The summed E-state index contributed by atoms with van der Waals surface area (Å²) in [6.07, 6.45) is 3.53. The van der Waals surface area contributed by atoms with Gasteiger partial charge in [-0.3, -0.25) is 9.59 Å². The number of carboxylic acid groups (broad SMARTS) is 1. The fraction of sp³-hybridized carbons (Fsp3) is 0.421. The van der Waals surface area contributed by atoms with E-state index in [1.54, 1.807) is 18.2 Å². The van der Waals surface area contributed by atoms with Crippen molar-refractivity contribution in [3.8, 4) is 0 Å². The second kappa shape index (κ2) is 6.48. The number of carbonyl (C=O) groups excluding carboxylic acids is 2. The lowest BCUT2D eigenvalue weighted by molar-refractivity contribution is -0.135. The molecule has 2 fully saturated rings. The number of nitrogens with zero attached hydrogens (tertiary/aromatic N) is 1. The molecule has 26 heavy (non-hydrogen) atoms. The van der Waals surface area contributed by atoms with Crippen LogP contribution in [-0.4, -0.2) is 40.9 Å². The van der Waals surface area contributed by atoms with Crippen LogP contribution in [0.2, 0.25) is 0 Å². The molecule has 1 saturated heterocycles. The molecule has 1 unspecified atom stereocenters. The maximum atomic E-state index is 12.6. The first-order valence-corrected chi connectivity index (χ1v) is 8.88. The summed E-state index contributed by atoms with van der Waals surface area (Å²) in [7, 11) is 0. The minimum atomic E-state index is -1.13. The van der Waals surface area contributed by atoms with Gasteiger partial charge in [-0.05, 0) is 49.9 Å². The Bertz CT molecular complexity index is 883. The number of hydrogen-bond donors (Lipinski definition) is 2. The third kappa shape index (κ3) is 3.29. The molecule has 2 aliphatic rings. The molecular formula is C19H20N2O5. The topological polar surface area (TPSA) is 99.9 Å². The van der Waals surface area contributed by atoms with Crippen LogP contribution >= 0.6 is 0 Å². The van der Waals surface area contributed by atoms with E-state index in [0.717, 1.165) is 32.2 Å². The lowest BCUT2D eigenvalue weighted by atomic mass is 9.96. The van der Waals surface area contributed by atoms with Gasteiger partial charge in [0, 0.05) is 30.1 Å². The van der Waals surface area contributed by atoms with E-state index < -0.39 is 5.97 Å². The number of hydrogen-bond acceptors (Lipinski definition) is 4. The van der Waals surface area contributed by atoms with Gasteiger partial charge in [-0.2, -0.15) is 0 Å². The summed E-state index contributed by atoms with van der Waals surface area (Å²) >= 11 is 0. The second-order valence-corrected chi connectivity index (χ2v) is 7.06. The number of nitrogens with one attached hydrogen (secondary N) is 1. The van der Waals surface area contributed by atoms with Gasteiger partial charge in [-0.1, -0.05) is 0 Å². The average molecular weight is 356 g/mol. The first kappa shape index (κ1) is 16.6. The standard InChI is InChI=1S/C19H20N2O5/c22-17(12-2-1-7-21(10-12)18(23)11-3-4-11)20-14-5-6-15-13(8-14)9-16(26-15)19(24)25/h5-6,8-9,11-12H,1-4,7,10H2,(H,20,22)(H,24,25). The Labute approximate surface area is 149 Å². The summed E-state index contributed by atoms with van der Waals surface area (Å²) in [5, 5.41) is 12.5. The maximum absolute atomic E-state index is 12.6. The zero-order valence-corrected chi connectivity index (χ0v) is 14.2. The first-order chi connectivity index (χ1) is 12.5. The number of fused-ring (bicyclic) bond motifs is 1. The minimum Gasteiger partial charge on any atom is -0.475 e. The van der Waals surface area contributed by atoms with E-state index in [-0.39, 0.29) is 29.4 Å². The van der Waals surface area contributed by atoms with Crippen molar-refractivity contribution in [3.05, 3.63) is 30.0 Å². The number of carboxylic acids is 1. The summed E-state index contributed by atoms with van der Waals surface area (Å²) < 4.78 is 5.22. The number of piperidine rings is 1. The van der Waals surface area contributed by atoms with Crippen molar-refractivity contribution in [3.63, 3.8) is 0 Å². The van der Waals surface area contributed by atoms with Crippen LogP contribution in [0.25, 0.3) is 11.0 Å². The summed E-state index contributed by atoms with van der Waals surface area (Å²) in [6.45, 7) is 1.20. The van der Waals surface area contributed by atoms with E-state index in [1.807, 2.05) is 4.90 Å². The third-order valence-corrected chi connectivity index (χ3v) is 5.03. The molecule has 7 nitrogen and oxygen atoms in total. The normalized spacial score (nSPS) is 20.2. The highest BCUT2D eigenvalue weighted by Gasteiger charge is 2.36. The molecule has 1 atom stereocenters. The smallest absolute Gasteiger partial charge is 0.371 e. The van der Waals surface area contributed by atoms with Crippen LogP contribution in [0.1, 0.15) is 36.2 Å². The molecule has 1 aromatic heterocycles. The zero-order valence-electron chi connectivity index (χ0n) is 14.2. The minimum absolute atomic E-state index is 0.111. The molecule has 4 rings (SSSR count). The SMILES string of the molecule is O=C(O)c1cc2cc(NC(=O)C3CCCN(C(=O)C4CC4)C3)ccc2o1. The van der Waals surface area contributed by atoms with Gasteiger partial charge < -0.3 is 19.7 Å². The van der Waals surface area contributed by atoms with E-state index in [1.165, 1.54) is 6.07 Å². The Hall–Kier alpha value is -2.83. The van der Waals surface area contributed by atoms with E-state index in [4.69, 9.17) is 9.52 Å². The number of carbonyl (C=O) groups is 3. The van der Waals surface area contributed by atoms with E-state index >= 15 is 0 Å². The van der Waals surface area contributed by atoms with Gasteiger partial charge in [0.05, 0.1) is 5.92 Å². The van der Waals surface area contributed by atoms with E-state index in [9.17, 15) is 14.4 Å². The predicted octanol–water partition coefficient (Wildman–Crippen LogP) is 2.72. The van der Waals surface area contributed by atoms with Crippen molar-refractivity contribution < 1.29 is 23.9 Å². The number of amides is 2. The number of anilines is 1. The van der Waals surface area contributed by atoms with Gasteiger partial charge in [0.1, 0.15) is 5.58 Å². The fourth-order valence-electron chi connectivity index (χ4n) is 3.45. The highest BCUT2D eigenvalue weighted by molar-refractivity contribution is 5.97. The van der Waals surface area contributed by atoms with Gasteiger partial charge in [-0.25, -0.2) is 4.79 Å². The summed E-state index contributed by atoms with van der Waals surface area (Å²) in [6, 6.07) is 6.45. The number of likely N-dealkylation sites (tertiary alicyclic amines) is 1. The lowest BCUT2D eigenvalue weighted by Crippen LogP contribution is -2.44. The molecule has 2 N–H and O–H groups in total. The highest BCUT2D eigenvalue weighted by Crippen LogP contribution is 2.32. The van der Waals surface area contributed by atoms with E-state index in [0.29, 0.717) is 23.2 Å². The van der Waals surface area contributed by atoms with Crippen LogP contribution < -0.4 is 5.32 Å². The van der Waals surface area contributed by atoms with Crippen LogP contribution in [0, 0.1) is 11.8 Å². The molecule has 2 aromatic rings. The summed E-state index contributed by atoms with van der Waals surface area (Å²) in [4.78, 5) is 37.6. The predicted molar refractivity (Wildman–Crippen MR) is 93.8 cm³/mol. The third-order valence-electron chi connectivity index (χ3n) is 5.03. The molecular weight excluding hydrogens is 336 g/mol. The summed E-state index contributed by atoms with van der Waals surface area (Å²) in [5.74, 6) is -1.24. The number of aromatic carboxylic acids is 1. The van der Waals surface area contributed by atoms with Gasteiger partial charge in [0.25, 0.3) is 0 Å². The van der Waals surface area contributed by atoms with Crippen molar-refractivity contribution in [1.82, 2.24) is 4.90 Å². The molecule has 1 saturated carbocycles. The number of benzene rings is 1. The molecule has 1 aromatic carbocycles. The molecule has 0 bridgehead atoms. The molecule has 2 heterocycles. The van der Waals surface area contributed by atoms with Gasteiger partial charge in [0.15, 0.2) is 0 Å². The van der Waals surface area contributed by atoms with E-state index in [2.05, 4.69) is 5.32 Å². The first-order valence-electron chi connectivity index (χ1n) is 8.88. The highest BCUT2D eigenvalue weighted by atomic mass is 16.4. The summed E-state index contributed by atoms with van der Waals surface area (Å²) in [5.41, 5.74) is 1.05. The van der Waals surface area contributed by atoms with Gasteiger partial charge in [-0.15, -0.1) is 0 Å². The molecule has 1 aliphatic carbocycles. The fourth-order valence-corrected chi connectivity index (χ4v) is 3.45. The molecule has 2 amide bonds. The van der Waals surface area contributed by atoms with Gasteiger partial charge >= 0.3 is 5.97 Å². The van der Waals surface area contributed by atoms with Crippen molar-refractivity contribution in [2.75, 3.05) is 18.4 Å². The molecule has 136 valence electrons. The zero-order chi connectivity index (χ0) is 18.3. The second-order valence-electron chi connectivity index (χ2n) is 7.06. The van der Waals surface area contributed by atoms with Crippen molar-refractivity contribution in [2.45, 2.75) is 25.7 Å². The van der Waals surface area contributed by atoms with Crippen LogP contribution in [0.5, 0.6) is 0 Å². The van der Waals surface area contributed by atoms with Crippen LogP contribution in [0.15, 0.2) is 28.7 Å². The number of rotatable bonds is 4. The van der Waals surface area contributed by atoms with Crippen molar-refractivity contribution in [2.24, 2.45) is 11.8 Å². The Balaban J connectivity index is 1.44.